The van der Waals surface area contributed by atoms with E-state index in [0.29, 0.717) is 12.4 Å². The second-order valence-electron chi connectivity index (χ2n) is 8.80. The molecule has 1 atom stereocenters. The quantitative estimate of drug-likeness (QED) is 0.565. The van der Waals surface area contributed by atoms with Crippen molar-refractivity contribution < 1.29 is 9.53 Å². The maximum Gasteiger partial charge on any atom is 0.247 e. The molecule has 0 radical (unpaired) electrons. The highest BCUT2D eigenvalue weighted by atomic mass is 16.5. The van der Waals surface area contributed by atoms with E-state index in [-0.39, 0.29) is 18.1 Å². The molecule has 0 spiro atoms. The Labute approximate surface area is 195 Å². The fraction of sp³-hybridized carbons (Fsp3) is 0.440. The van der Waals surface area contributed by atoms with Crippen molar-refractivity contribution in [2.75, 3.05) is 17.3 Å². The van der Waals surface area contributed by atoms with E-state index in [9.17, 15) is 4.79 Å². The minimum atomic E-state index is -0.150. The molecule has 8 nitrogen and oxygen atoms in total. The lowest BCUT2D eigenvalue weighted by molar-refractivity contribution is -0.117. The Kier molecular flexibility index (Phi) is 6.62. The highest BCUT2D eigenvalue weighted by Crippen LogP contribution is 2.34. The predicted octanol–water partition coefficient (Wildman–Crippen LogP) is 3.77. The molecule has 3 aromatic heterocycles. The van der Waals surface area contributed by atoms with Gasteiger partial charge in [-0.25, -0.2) is 4.98 Å². The van der Waals surface area contributed by atoms with E-state index >= 15 is 0 Å². The van der Waals surface area contributed by atoms with Crippen LogP contribution in [0.1, 0.15) is 49.8 Å². The smallest absolute Gasteiger partial charge is 0.247 e. The van der Waals surface area contributed by atoms with Crippen molar-refractivity contribution in [2.24, 2.45) is 0 Å². The summed E-state index contributed by atoms with van der Waals surface area (Å²) in [6.45, 7) is 8.55. The Bertz CT molecular complexity index is 1140. The van der Waals surface area contributed by atoms with Crippen molar-refractivity contribution >= 4 is 17.3 Å². The lowest BCUT2D eigenvalue weighted by atomic mass is 10.0. The molecule has 1 aliphatic rings. The van der Waals surface area contributed by atoms with Gasteiger partial charge in [-0.1, -0.05) is 13.0 Å². The molecular weight excluding hydrogens is 416 g/mol. The number of carbonyl (C=O) groups excluding carboxylic acids is 1. The summed E-state index contributed by atoms with van der Waals surface area (Å²) in [5.74, 6) is 0.670. The number of ether oxygens (including phenoxy) is 1. The zero-order valence-electron chi connectivity index (χ0n) is 20.0. The fourth-order valence-electron chi connectivity index (χ4n) is 4.20. The summed E-state index contributed by atoms with van der Waals surface area (Å²) in [5.41, 5.74) is 5.77. The molecule has 0 fully saturated rings. The molecule has 1 aliphatic heterocycles. The number of amides is 1. The number of rotatable bonds is 8. The van der Waals surface area contributed by atoms with E-state index in [2.05, 4.69) is 32.6 Å². The van der Waals surface area contributed by atoms with Crippen LogP contribution >= 0.6 is 0 Å². The number of nitrogens with one attached hydrogen (secondary N) is 1. The second-order valence-corrected chi connectivity index (χ2v) is 8.80. The Morgan fingerprint density at radius 3 is 2.76 bits per heavy atom. The third kappa shape index (κ3) is 5.16. The van der Waals surface area contributed by atoms with E-state index < -0.39 is 0 Å². The molecule has 174 valence electrons. The second kappa shape index (κ2) is 9.60. The van der Waals surface area contributed by atoms with Gasteiger partial charge in [0.25, 0.3) is 0 Å². The summed E-state index contributed by atoms with van der Waals surface area (Å²) in [4.78, 5) is 23.7. The topological polar surface area (TPSA) is 85.2 Å². The predicted molar refractivity (Wildman–Crippen MR) is 129 cm³/mol. The summed E-state index contributed by atoms with van der Waals surface area (Å²) in [5, 5.41) is 7.53. The van der Waals surface area contributed by atoms with Crippen molar-refractivity contribution in [2.45, 2.75) is 65.6 Å². The molecule has 1 N–H and O–H groups in total. The van der Waals surface area contributed by atoms with E-state index in [1.54, 1.807) is 0 Å². The molecule has 8 heteroatoms. The van der Waals surface area contributed by atoms with Crippen LogP contribution < -0.4 is 15.0 Å². The number of hydrogen-bond donors (Lipinski definition) is 1. The molecule has 0 aromatic carbocycles. The molecule has 0 saturated carbocycles. The van der Waals surface area contributed by atoms with Gasteiger partial charge in [0, 0.05) is 25.0 Å². The first-order chi connectivity index (χ1) is 15.8. The average molecular weight is 449 g/mol. The standard InChI is InChI=1S/C25H32N6O2/c1-6-21-25(32)29-24-17(4)27-19(12-22(24)30(21)5)11-10-18-13-26-31(14-18)15-20-8-7-9-23(28-20)33-16(2)3/h7-9,12-14,16,21H,6,10-11,15H2,1-5H3,(H,29,32)/t21-/m0/s1. The first-order valence-electron chi connectivity index (χ1n) is 11.5. The summed E-state index contributed by atoms with van der Waals surface area (Å²) in [6.07, 6.45) is 6.45. The molecule has 0 bridgehead atoms. The highest BCUT2D eigenvalue weighted by molar-refractivity contribution is 6.04. The van der Waals surface area contributed by atoms with Crippen molar-refractivity contribution in [3.63, 3.8) is 0 Å². The Morgan fingerprint density at radius 1 is 1.18 bits per heavy atom. The van der Waals surface area contributed by atoms with Crippen LogP contribution in [0.3, 0.4) is 0 Å². The molecule has 0 saturated heterocycles. The van der Waals surface area contributed by atoms with Crippen LogP contribution in [0, 0.1) is 6.92 Å². The van der Waals surface area contributed by atoms with Gasteiger partial charge in [-0.05, 0) is 57.7 Å². The zero-order valence-corrected chi connectivity index (χ0v) is 20.0. The minimum absolute atomic E-state index is 0.0355. The van der Waals surface area contributed by atoms with Crippen LogP contribution in [0.2, 0.25) is 0 Å². The van der Waals surface area contributed by atoms with Gasteiger partial charge in [0.1, 0.15) is 6.04 Å². The van der Waals surface area contributed by atoms with Gasteiger partial charge < -0.3 is 15.0 Å². The first kappa shape index (κ1) is 22.8. The molecule has 3 aromatic rings. The molecular formula is C25H32N6O2. The van der Waals surface area contributed by atoms with Crippen LogP contribution in [0.4, 0.5) is 11.4 Å². The van der Waals surface area contributed by atoms with E-state index in [1.807, 2.05) is 63.8 Å². The molecule has 4 heterocycles. The number of pyridine rings is 2. The van der Waals surface area contributed by atoms with Gasteiger partial charge in [0.15, 0.2) is 0 Å². The van der Waals surface area contributed by atoms with Crippen LogP contribution in [0.15, 0.2) is 36.7 Å². The van der Waals surface area contributed by atoms with Gasteiger partial charge in [0.2, 0.25) is 11.8 Å². The summed E-state index contributed by atoms with van der Waals surface area (Å²) >= 11 is 0. The Morgan fingerprint density at radius 2 is 2.00 bits per heavy atom. The number of aryl methyl sites for hydroxylation is 3. The average Bonchev–Trinajstić information content (AvgIpc) is 3.20. The number of fused-ring (bicyclic) bond motifs is 1. The van der Waals surface area contributed by atoms with E-state index in [1.165, 1.54) is 0 Å². The maximum absolute atomic E-state index is 12.3. The van der Waals surface area contributed by atoms with Crippen LogP contribution in [0.25, 0.3) is 0 Å². The van der Waals surface area contributed by atoms with Crippen molar-refractivity contribution in [3.05, 3.63) is 59.3 Å². The number of nitrogens with zero attached hydrogens (tertiary/aromatic N) is 5. The summed E-state index contributed by atoms with van der Waals surface area (Å²) in [6, 6.07) is 7.75. The van der Waals surface area contributed by atoms with E-state index in [0.717, 1.165) is 53.3 Å². The Hall–Kier alpha value is -3.42. The molecule has 0 unspecified atom stereocenters. The van der Waals surface area contributed by atoms with Gasteiger partial charge >= 0.3 is 0 Å². The summed E-state index contributed by atoms with van der Waals surface area (Å²) in [7, 11) is 1.98. The third-order valence-corrected chi connectivity index (χ3v) is 5.84. The SMILES string of the molecule is CC[C@H]1C(=O)Nc2c(cc(CCc3cnn(Cc4cccc(OC(C)C)n4)c3)nc2C)N1C. The van der Waals surface area contributed by atoms with Crippen LogP contribution in [0.5, 0.6) is 5.88 Å². The fourth-order valence-corrected chi connectivity index (χ4v) is 4.20. The number of anilines is 2. The van der Waals surface area contributed by atoms with Crippen molar-refractivity contribution in [3.8, 4) is 5.88 Å². The summed E-state index contributed by atoms with van der Waals surface area (Å²) < 4.78 is 7.59. The maximum atomic E-state index is 12.3. The van der Waals surface area contributed by atoms with Gasteiger partial charge in [-0.2, -0.15) is 5.10 Å². The highest BCUT2D eigenvalue weighted by Gasteiger charge is 2.30. The zero-order chi connectivity index (χ0) is 23.5. The third-order valence-electron chi connectivity index (χ3n) is 5.84. The van der Waals surface area contributed by atoms with Gasteiger partial charge in [0.05, 0.1) is 41.6 Å². The lowest BCUT2D eigenvalue weighted by Gasteiger charge is -2.35. The Balaban J connectivity index is 1.42. The lowest BCUT2D eigenvalue weighted by Crippen LogP contribution is -2.46. The first-order valence-corrected chi connectivity index (χ1v) is 11.5. The number of carbonyl (C=O) groups is 1. The van der Waals surface area contributed by atoms with Gasteiger partial charge in [-0.15, -0.1) is 0 Å². The number of aromatic nitrogens is 4. The van der Waals surface area contributed by atoms with Crippen molar-refractivity contribution in [1.82, 2.24) is 19.7 Å². The van der Waals surface area contributed by atoms with Crippen molar-refractivity contribution in [1.29, 1.82) is 0 Å². The number of likely N-dealkylation sites (N-methyl/N-ethyl adjacent to an activating group) is 1. The van der Waals surface area contributed by atoms with Gasteiger partial charge in [-0.3, -0.25) is 14.5 Å². The normalized spacial score (nSPS) is 15.5. The monoisotopic (exact) mass is 448 g/mol. The van der Waals surface area contributed by atoms with Crippen LogP contribution in [-0.4, -0.2) is 44.8 Å². The molecule has 33 heavy (non-hydrogen) atoms. The molecule has 4 rings (SSSR count). The molecule has 0 aliphatic carbocycles. The minimum Gasteiger partial charge on any atom is -0.475 e. The number of hydrogen-bond acceptors (Lipinski definition) is 6. The van der Waals surface area contributed by atoms with E-state index in [4.69, 9.17) is 9.72 Å². The largest absolute Gasteiger partial charge is 0.475 e. The van der Waals surface area contributed by atoms with Crippen LogP contribution in [-0.2, 0) is 24.2 Å². The molecule has 1 amide bonds.